The average Bonchev–Trinajstić information content (AvgIpc) is 3.26. The van der Waals surface area contributed by atoms with Crippen LogP contribution in [-0.4, -0.2) is 20.0 Å². The van der Waals surface area contributed by atoms with Gasteiger partial charge in [-0.2, -0.15) is 23.3 Å². The third kappa shape index (κ3) is 4.35. The lowest BCUT2D eigenvalue weighted by Crippen LogP contribution is -2.57. The number of halogens is 3. The van der Waals surface area contributed by atoms with Gasteiger partial charge in [0.2, 0.25) is 0 Å². The summed E-state index contributed by atoms with van der Waals surface area (Å²) in [5, 5.41) is 5.92. The van der Waals surface area contributed by atoms with E-state index in [0.29, 0.717) is 22.6 Å². The summed E-state index contributed by atoms with van der Waals surface area (Å²) < 4.78 is 71.6. The molecule has 2 aliphatic heterocycles. The number of hydrazone groups is 1. The summed E-state index contributed by atoms with van der Waals surface area (Å²) in [5.41, 5.74) is 0.0592. The summed E-state index contributed by atoms with van der Waals surface area (Å²) in [5.74, 6) is -1.30. The van der Waals surface area contributed by atoms with Gasteiger partial charge in [-0.25, -0.2) is 8.42 Å². The van der Waals surface area contributed by atoms with Crippen LogP contribution in [0, 0.1) is 12.3 Å². The minimum absolute atomic E-state index is 0.0260. The third-order valence-corrected chi connectivity index (χ3v) is 10.2. The fraction of sp³-hybridized carbons (Fsp3) is 0.176. The van der Waals surface area contributed by atoms with Gasteiger partial charge in [-0.3, -0.25) is 9.10 Å². The summed E-state index contributed by atoms with van der Waals surface area (Å²) in [6.45, 7) is 7.54. The molecule has 1 spiro atoms. The molecule has 0 N–H and O–H groups in total. The highest BCUT2D eigenvalue weighted by molar-refractivity contribution is 7.92. The van der Waals surface area contributed by atoms with Crippen LogP contribution >= 0.6 is 0 Å². The lowest BCUT2D eigenvalue weighted by atomic mass is 9.60. The number of allylic oxidation sites excluding steroid dienone is 1. The second-order valence-electron chi connectivity index (χ2n) is 10.9. The number of sulfonamides is 1. The van der Waals surface area contributed by atoms with Crippen molar-refractivity contribution in [3.05, 3.63) is 138 Å². The monoisotopic (exact) mass is 615 g/mol. The lowest BCUT2D eigenvalue weighted by Gasteiger charge is -2.51. The van der Waals surface area contributed by atoms with Crippen LogP contribution in [0.25, 0.3) is 0 Å². The average molecular weight is 616 g/mol. The van der Waals surface area contributed by atoms with E-state index < -0.39 is 45.0 Å². The van der Waals surface area contributed by atoms with Crippen molar-refractivity contribution in [3.63, 3.8) is 0 Å². The van der Waals surface area contributed by atoms with Crippen LogP contribution in [0.3, 0.4) is 0 Å². The second-order valence-corrected chi connectivity index (χ2v) is 12.7. The van der Waals surface area contributed by atoms with Gasteiger partial charge in [0.1, 0.15) is 5.41 Å². The van der Waals surface area contributed by atoms with Gasteiger partial charge in [0.05, 0.1) is 33.6 Å². The molecule has 0 aliphatic carbocycles. The molecule has 3 atom stereocenters. The Kier molecular flexibility index (Phi) is 7.00. The molecule has 10 heteroatoms. The molecule has 44 heavy (non-hydrogen) atoms. The van der Waals surface area contributed by atoms with Crippen LogP contribution < -0.4 is 9.31 Å². The number of anilines is 2. The molecule has 0 fully saturated rings. The van der Waals surface area contributed by atoms with Crippen LogP contribution in [0.1, 0.15) is 41.1 Å². The molecule has 0 saturated heterocycles. The van der Waals surface area contributed by atoms with E-state index in [4.69, 9.17) is 0 Å². The number of benzene rings is 4. The van der Waals surface area contributed by atoms with Crippen molar-refractivity contribution in [2.24, 2.45) is 10.5 Å². The lowest BCUT2D eigenvalue weighted by molar-refractivity contribution is -0.137. The number of carbonyl (C=O) groups is 1. The van der Waals surface area contributed by atoms with E-state index >= 15 is 0 Å². The van der Waals surface area contributed by atoms with Crippen LogP contribution in [0.2, 0.25) is 0 Å². The molecule has 224 valence electrons. The first-order valence-electron chi connectivity index (χ1n) is 13.9. The van der Waals surface area contributed by atoms with Crippen molar-refractivity contribution in [2.75, 3.05) is 9.31 Å². The molecule has 1 unspecified atom stereocenters. The number of nitrogens with zero attached hydrogens (tertiary/aromatic N) is 3. The summed E-state index contributed by atoms with van der Waals surface area (Å²) in [4.78, 5) is 14.9. The molecule has 1 amide bonds. The molecule has 2 aliphatic rings. The molecule has 4 aromatic carbocycles. The first kappa shape index (κ1) is 29.4. The summed E-state index contributed by atoms with van der Waals surface area (Å²) in [7, 11) is -4.40. The number of hydrogen-bond acceptors (Lipinski definition) is 4. The Morgan fingerprint density at radius 2 is 1.48 bits per heavy atom. The highest BCUT2D eigenvalue weighted by Crippen LogP contribution is 2.61. The van der Waals surface area contributed by atoms with Crippen molar-refractivity contribution >= 4 is 33.0 Å². The van der Waals surface area contributed by atoms with E-state index in [2.05, 4.69) is 11.7 Å². The van der Waals surface area contributed by atoms with Gasteiger partial charge in [-0.05, 0) is 67.4 Å². The predicted molar refractivity (Wildman–Crippen MR) is 164 cm³/mol. The number of aryl methyl sites for hydroxylation is 1. The smallest absolute Gasteiger partial charge is 0.271 e. The Hall–Kier alpha value is -4.70. The Morgan fingerprint density at radius 3 is 2.09 bits per heavy atom. The molecule has 0 aromatic heterocycles. The Balaban J connectivity index is 1.69. The number of amides is 1. The molecule has 0 radical (unpaired) electrons. The Labute approximate surface area is 253 Å². The molecular formula is C34H28F3N3O3S. The minimum atomic E-state index is -4.61. The first-order valence-corrected chi connectivity index (χ1v) is 15.3. The van der Waals surface area contributed by atoms with E-state index in [0.717, 1.165) is 17.7 Å². The number of hydrogen-bond donors (Lipinski definition) is 0. The number of alkyl halides is 3. The van der Waals surface area contributed by atoms with Gasteiger partial charge >= 0.3 is 6.18 Å². The Bertz CT molecular complexity index is 1890. The minimum Gasteiger partial charge on any atom is -0.271 e. The van der Waals surface area contributed by atoms with Crippen molar-refractivity contribution in [3.8, 4) is 0 Å². The zero-order valence-electron chi connectivity index (χ0n) is 23.9. The largest absolute Gasteiger partial charge is 0.416 e. The van der Waals surface area contributed by atoms with Crippen LogP contribution in [0.15, 0.2) is 126 Å². The SMILES string of the molecule is C=C[C@@H]1c2ccccc2N(S(=O)(=O)c2ccc(C)cc2)[C@H](c2ccc(C(F)(F)F)cc2)C12C(=O)N(c1ccccc1)N=C2C. The van der Waals surface area contributed by atoms with Crippen molar-refractivity contribution in [1.82, 2.24) is 0 Å². The van der Waals surface area contributed by atoms with Crippen molar-refractivity contribution < 1.29 is 26.4 Å². The highest BCUT2D eigenvalue weighted by atomic mass is 32.2. The zero-order chi connectivity index (χ0) is 31.4. The van der Waals surface area contributed by atoms with Crippen LogP contribution in [-0.2, 0) is 21.0 Å². The van der Waals surface area contributed by atoms with Gasteiger partial charge in [0.15, 0.2) is 0 Å². The summed E-state index contributed by atoms with van der Waals surface area (Å²) in [6, 6.07) is 24.8. The van der Waals surface area contributed by atoms with E-state index in [1.165, 1.54) is 33.6 Å². The maximum absolute atomic E-state index is 14.9. The normalized spacial score (nSPS) is 21.8. The zero-order valence-corrected chi connectivity index (χ0v) is 24.7. The van der Waals surface area contributed by atoms with E-state index in [-0.39, 0.29) is 10.5 Å². The summed E-state index contributed by atoms with van der Waals surface area (Å²) in [6.07, 6.45) is -3.02. The maximum Gasteiger partial charge on any atom is 0.416 e. The standard InChI is InChI=1S/C34H28F3N3O3S/c1-4-29-28-12-8-9-13-30(28)40(44(42,43)27-20-14-22(2)15-21-27)31(24-16-18-25(19-17-24)34(35,36)37)33(29)23(3)38-39(32(33)41)26-10-6-5-7-11-26/h4-21,29,31H,1H2,2-3H3/t29-,31-,33?/m1/s1. The number of fused-ring (bicyclic) bond motifs is 1. The van der Waals surface area contributed by atoms with Gasteiger partial charge in [0, 0.05) is 5.92 Å². The Morgan fingerprint density at radius 1 is 0.864 bits per heavy atom. The maximum atomic E-state index is 14.9. The van der Waals surface area contributed by atoms with E-state index in [9.17, 15) is 26.4 Å². The van der Waals surface area contributed by atoms with Crippen molar-refractivity contribution in [1.29, 1.82) is 0 Å². The molecule has 4 aromatic rings. The number of carbonyl (C=O) groups excluding carboxylic acids is 1. The second kappa shape index (κ2) is 10.5. The predicted octanol–water partition coefficient (Wildman–Crippen LogP) is 7.64. The molecule has 6 nitrogen and oxygen atoms in total. The van der Waals surface area contributed by atoms with Gasteiger partial charge in [-0.1, -0.05) is 72.3 Å². The number of rotatable bonds is 5. The highest BCUT2D eigenvalue weighted by Gasteiger charge is 2.65. The quantitative estimate of drug-likeness (QED) is 0.217. The third-order valence-electron chi connectivity index (χ3n) is 8.43. The van der Waals surface area contributed by atoms with Gasteiger partial charge < -0.3 is 0 Å². The van der Waals surface area contributed by atoms with Gasteiger partial charge in [-0.15, -0.1) is 6.58 Å². The molecule has 0 bridgehead atoms. The fourth-order valence-corrected chi connectivity index (χ4v) is 8.07. The van der Waals surface area contributed by atoms with Crippen LogP contribution in [0.5, 0.6) is 0 Å². The van der Waals surface area contributed by atoms with Gasteiger partial charge in [0.25, 0.3) is 15.9 Å². The summed E-state index contributed by atoms with van der Waals surface area (Å²) >= 11 is 0. The van der Waals surface area contributed by atoms with Crippen molar-refractivity contribution in [2.45, 2.75) is 36.9 Å². The first-order chi connectivity index (χ1) is 20.9. The van der Waals surface area contributed by atoms with E-state index in [1.54, 1.807) is 79.7 Å². The fourth-order valence-electron chi connectivity index (χ4n) is 6.37. The molecular weight excluding hydrogens is 587 g/mol. The van der Waals surface area contributed by atoms with Crippen LogP contribution in [0.4, 0.5) is 24.5 Å². The molecule has 2 heterocycles. The topological polar surface area (TPSA) is 70.1 Å². The molecule has 0 saturated carbocycles. The molecule has 6 rings (SSSR count). The number of para-hydroxylation sites is 2. The van der Waals surface area contributed by atoms with E-state index in [1.807, 2.05) is 6.92 Å².